The standard InChI is InChI=1S/C24H32N4O3/c1-4-5-15-25-24(31)19-10-12-20(13-11-19)26-17-22(29)27-21-8-6-7-18(16-21)9-14-23(30)28(2)3/h6-8,10-13,16,26H,4-5,9,14-15,17H2,1-3H3,(H,25,31)(H,27,29). The fraction of sp³-hybridized carbons (Fsp3) is 0.375. The van der Waals surface area contributed by atoms with Crippen molar-refractivity contribution in [3.8, 4) is 0 Å². The Balaban J connectivity index is 1.80. The number of hydrogen-bond acceptors (Lipinski definition) is 4. The third-order valence-corrected chi connectivity index (χ3v) is 4.75. The summed E-state index contributed by atoms with van der Waals surface area (Å²) in [6.45, 7) is 2.85. The molecule has 0 aliphatic rings. The molecule has 0 spiro atoms. The SMILES string of the molecule is CCCCNC(=O)c1ccc(NCC(=O)Nc2cccc(CCC(=O)N(C)C)c2)cc1. The smallest absolute Gasteiger partial charge is 0.251 e. The molecule has 7 heteroatoms. The lowest BCUT2D eigenvalue weighted by atomic mass is 10.1. The number of hydrogen-bond donors (Lipinski definition) is 3. The average Bonchev–Trinajstić information content (AvgIpc) is 2.76. The zero-order valence-corrected chi connectivity index (χ0v) is 18.5. The normalized spacial score (nSPS) is 10.3. The number of carbonyl (C=O) groups excluding carboxylic acids is 3. The maximum absolute atomic E-state index is 12.3. The van der Waals surface area contributed by atoms with Gasteiger partial charge in [-0.1, -0.05) is 25.5 Å². The largest absolute Gasteiger partial charge is 0.376 e. The molecule has 0 radical (unpaired) electrons. The Morgan fingerprint density at radius 2 is 1.71 bits per heavy atom. The number of amides is 3. The second-order valence-electron chi connectivity index (χ2n) is 7.58. The fourth-order valence-corrected chi connectivity index (χ4v) is 2.89. The third-order valence-electron chi connectivity index (χ3n) is 4.75. The van der Waals surface area contributed by atoms with E-state index in [0.29, 0.717) is 30.6 Å². The minimum atomic E-state index is -0.178. The Morgan fingerprint density at radius 1 is 0.968 bits per heavy atom. The van der Waals surface area contributed by atoms with Gasteiger partial charge in [0.05, 0.1) is 6.54 Å². The lowest BCUT2D eigenvalue weighted by Crippen LogP contribution is -2.24. The van der Waals surface area contributed by atoms with Gasteiger partial charge in [0.2, 0.25) is 11.8 Å². The quantitative estimate of drug-likeness (QED) is 0.483. The second kappa shape index (κ2) is 12.4. The van der Waals surface area contributed by atoms with Crippen LogP contribution in [-0.4, -0.2) is 49.8 Å². The number of nitrogens with one attached hydrogen (secondary N) is 3. The van der Waals surface area contributed by atoms with Gasteiger partial charge in [-0.15, -0.1) is 0 Å². The summed E-state index contributed by atoms with van der Waals surface area (Å²) < 4.78 is 0. The molecule has 3 N–H and O–H groups in total. The minimum Gasteiger partial charge on any atom is -0.376 e. The van der Waals surface area contributed by atoms with Gasteiger partial charge in [0, 0.05) is 44.0 Å². The summed E-state index contributed by atoms with van der Waals surface area (Å²) >= 11 is 0. The molecular formula is C24H32N4O3. The maximum Gasteiger partial charge on any atom is 0.251 e. The van der Waals surface area contributed by atoms with Crippen LogP contribution in [-0.2, 0) is 16.0 Å². The van der Waals surface area contributed by atoms with Gasteiger partial charge in [0.15, 0.2) is 0 Å². The molecule has 0 saturated heterocycles. The van der Waals surface area contributed by atoms with E-state index >= 15 is 0 Å². The molecule has 3 amide bonds. The van der Waals surface area contributed by atoms with E-state index in [0.717, 1.165) is 24.1 Å². The number of rotatable bonds is 11. The van der Waals surface area contributed by atoms with Crippen molar-refractivity contribution in [3.63, 3.8) is 0 Å². The summed E-state index contributed by atoms with van der Waals surface area (Å²) in [7, 11) is 3.48. The van der Waals surface area contributed by atoms with Crippen molar-refractivity contribution in [3.05, 3.63) is 59.7 Å². The van der Waals surface area contributed by atoms with Gasteiger partial charge < -0.3 is 20.9 Å². The molecule has 7 nitrogen and oxygen atoms in total. The van der Waals surface area contributed by atoms with Gasteiger partial charge in [0.25, 0.3) is 5.91 Å². The first-order valence-corrected chi connectivity index (χ1v) is 10.6. The second-order valence-corrected chi connectivity index (χ2v) is 7.58. The summed E-state index contributed by atoms with van der Waals surface area (Å²) in [5.41, 5.74) is 3.04. The highest BCUT2D eigenvalue weighted by Crippen LogP contribution is 2.13. The first-order chi connectivity index (χ1) is 14.9. The molecule has 0 aliphatic heterocycles. The lowest BCUT2D eigenvalue weighted by molar-refractivity contribution is -0.128. The topological polar surface area (TPSA) is 90.5 Å². The zero-order valence-electron chi connectivity index (χ0n) is 18.5. The Hall–Kier alpha value is -3.35. The van der Waals surface area contributed by atoms with E-state index in [1.807, 2.05) is 24.3 Å². The molecule has 0 saturated carbocycles. The van der Waals surface area contributed by atoms with E-state index in [1.165, 1.54) is 0 Å². The lowest BCUT2D eigenvalue weighted by Gasteiger charge is -2.11. The van der Waals surface area contributed by atoms with Gasteiger partial charge in [-0.25, -0.2) is 0 Å². The highest BCUT2D eigenvalue weighted by molar-refractivity contribution is 5.95. The molecule has 0 atom stereocenters. The van der Waals surface area contributed by atoms with Crippen LogP contribution in [0.1, 0.15) is 42.1 Å². The summed E-state index contributed by atoms with van der Waals surface area (Å²) in [6, 6.07) is 14.5. The molecule has 2 aromatic rings. The van der Waals surface area contributed by atoms with Gasteiger partial charge in [-0.05, 0) is 54.8 Å². The van der Waals surface area contributed by atoms with Crippen molar-refractivity contribution in [2.45, 2.75) is 32.6 Å². The van der Waals surface area contributed by atoms with E-state index in [-0.39, 0.29) is 24.3 Å². The number of anilines is 2. The first kappa shape index (κ1) is 23.9. The van der Waals surface area contributed by atoms with Crippen LogP contribution in [0.4, 0.5) is 11.4 Å². The van der Waals surface area contributed by atoms with Crippen LogP contribution in [0, 0.1) is 0 Å². The molecule has 0 aromatic heterocycles. The molecule has 0 aliphatic carbocycles. The van der Waals surface area contributed by atoms with Crippen molar-refractivity contribution < 1.29 is 14.4 Å². The highest BCUT2D eigenvalue weighted by atomic mass is 16.2. The average molecular weight is 425 g/mol. The molecule has 0 unspecified atom stereocenters. The molecule has 0 bridgehead atoms. The fourth-order valence-electron chi connectivity index (χ4n) is 2.89. The van der Waals surface area contributed by atoms with E-state index in [1.54, 1.807) is 43.3 Å². The molecule has 2 aromatic carbocycles. The molecule has 31 heavy (non-hydrogen) atoms. The minimum absolute atomic E-state index is 0.0723. The van der Waals surface area contributed by atoms with Gasteiger partial charge in [-0.2, -0.15) is 0 Å². The van der Waals surface area contributed by atoms with Crippen LogP contribution in [0.2, 0.25) is 0 Å². The molecule has 0 heterocycles. The molecule has 2 rings (SSSR count). The summed E-state index contributed by atoms with van der Waals surface area (Å²) in [4.78, 5) is 37.6. The van der Waals surface area contributed by atoms with E-state index in [9.17, 15) is 14.4 Å². The summed E-state index contributed by atoms with van der Waals surface area (Å²) in [5, 5.41) is 8.79. The van der Waals surface area contributed by atoms with Crippen LogP contribution in [0.15, 0.2) is 48.5 Å². The van der Waals surface area contributed by atoms with Crippen molar-refractivity contribution in [1.82, 2.24) is 10.2 Å². The van der Waals surface area contributed by atoms with Crippen LogP contribution in [0.5, 0.6) is 0 Å². The van der Waals surface area contributed by atoms with Crippen LogP contribution in [0.25, 0.3) is 0 Å². The number of unbranched alkanes of at least 4 members (excludes halogenated alkanes) is 1. The number of nitrogens with zero attached hydrogens (tertiary/aromatic N) is 1. The molecule has 166 valence electrons. The van der Waals surface area contributed by atoms with E-state index in [4.69, 9.17) is 0 Å². The Morgan fingerprint density at radius 3 is 2.39 bits per heavy atom. The number of carbonyl (C=O) groups is 3. The third kappa shape index (κ3) is 8.50. The Bertz CT molecular complexity index is 879. The maximum atomic E-state index is 12.3. The predicted molar refractivity (Wildman–Crippen MR) is 124 cm³/mol. The molecular weight excluding hydrogens is 392 g/mol. The van der Waals surface area contributed by atoms with E-state index in [2.05, 4.69) is 22.9 Å². The van der Waals surface area contributed by atoms with Crippen LogP contribution < -0.4 is 16.0 Å². The van der Waals surface area contributed by atoms with Crippen LogP contribution >= 0.6 is 0 Å². The van der Waals surface area contributed by atoms with Gasteiger partial charge in [-0.3, -0.25) is 14.4 Å². The predicted octanol–water partition coefficient (Wildman–Crippen LogP) is 3.29. The first-order valence-electron chi connectivity index (χ1n) is 10.6. The highest BCUT2D eigenvalue weighted by Gasteiger charge is 2.08. The van der Waals surface area contributed by atoms with Crippen molar-refractivity contribution >= 4 is 29.1 Å². The summed E-state index contributed by atoms with van der Waals surface area (Å²) in [6.07, 6.45) is 3.04. The van der Waals surface area contributed by atoms with Crippen molar-refractivity contribution in [2.75, 3.05) is 37.8 Å². The van der Waals surface area contributed by atoms with Gasteiger partial charge >= 0.3 is 0 Å². The number of benzene rings is 2. The Labute approximate surface area is 184 Å². The summed E-state index contributed by atoms with van der Waals surface area (Å²) in [5.74, 6) is -0.198. The van der Waals surface area contributed by atoms with Crippen LogP contribution in [0.3, 0.4) is 0 Å². The van der Waals surface area contributed by atoms with Gasteiger partial charge in [0.1, 0.15) is 0 Å². The van der Waals surface area contributed by atoms with Crippen molar-refractivity contribution in [1.29, 1.82) is 0 Å². The van der Waals surface area contributed by atoms with Crippen molar-refractivity contribution in [2.24, 2.45) is 0 Å². The number of aryl methyl sites for hydroxylation is 1. The molecule has 0 fully saturated rings. The zero-order chi connectivity index (χ0) is 22.6. The van der Waals surface area contributed by atoms with E-state index < -0.39 is 0 Å². The Kier molecular flexibility index (Phi) is 9.55. The monoisotopic (exact) mass is 424 g/mol.